The third kappa shape index (κ3) is 5.98. The predicted molar refractivity (Wildman–Crippen MR) is 91.9 cm³/mol. The van der Waals surface area contributed by atoms with E-state index in [1.54, 1.807) is 0 Å². The lowest BCUT2D eigenvalue weighted by Gasteiger charge is -2.32. The number of nitrogens with zero attached hydrogens (tertiary/aromatic N) is 1. The van der Waals surface area contributed by atoms with E-state index in [1.807, 2.05) is 14.1 Å². The number of sulfone groups is 1. The molecule has 0 aliphatic carbocycles. The minimum absolute atomic E-state index is 0.157. The van der Waals surface area contributed by atoms with Crippen molar-refractivity contribution in [1.82, 2.24) is 5.32 Å². The van der Waals surface area contributed by atoms with Crippen molar-refractivity contribution < 1.29 is 30.7 Å². The molecule has 0 aromatic rings. The van der Waals surface area contributed by atoms with Crippen molar-refractivity contribution in [3.63, 3.8) is 0 Å². The van der Waals surface area contributed by atoms with E-state index in [-0.39, 0.29) is 6.42 Å². The molecule has 1 aliphatic heterocycles. The van der Waals surface area contributed by atoms with Crippen LogP contribution in [0, 0.1) is 0 Å². The summed E-state index contributed by atoms with van der Waals surface area (Å²) in [7, 11) is -4.21. The molecule has 10 heteroatoms. The molecule has 2 atom stereocenters. The summed E-state index contributed by atoms with van der Waals surface area (Å²) in [4.78, 5) is 12.2. The maximum Gasteiger partial charge on any atom is 0.271 e. The molecule has 1 heterocycles. The predicted octanol–water partition coefficient (Wildman–Crippen LogP) is -0.187. The Morgan fingerprint density at radius 1 is 1.33 bits per heavy atom. The number of hydrogen-bond acceptors (Lipinski definition) is 5. The van der Waals surface area contributed by atoms with Crippen molar-refractivity contribution in [1.29, 1.82) is 0 Å². The molecule has 1 saturated heterocycles. The second-order valence-electron chi connectivity index (χ2n) is 7.51. The molecule has 8 nitrogen and oxygen atoms in total. The second kappa shape index (κ2) is 7.27. The lowest BCUT2D eigenvalue weighted by molar-refractivity contribution is -0.889. The van der Waals surface area contributed by atoms with E-state index in [4.69, 9.17) is 0 Å². The fourth-order valence-electron chi connectivity index (χ4n) is 3.04. The molecule has 24 heavy (non-hydrogen) atoms. The van der Waals surface area contributed by atoms with Crippen LogP contribution in [0.25, 0.3) is 0 Å². The van der Waals surface area contributed by atoms with Gasteiger partial charge in [0.2, 0.25) is 5.91 Å². The monoisotopic (exact) mass is 385 g/mol. The molecule has 0 radical (unpaired) electrons. The number of rotatable bonds is 8. The maximum atomic E-state index is 12.2. The molecule has 0 saturated carbocycles. The van der Waals surface area contributed by atoms with E-state index >= 15 is 0 Å². The molecule has 1 amide bonds. The Bertz CT molecular complexity index is 671. The lowest BCUT2D eigenvalue weighted by Crippen LogP contribution is -2.57. The number of quaternary nitrogens is 1. The molecule has 0 spiro atoms. The summed E-state index contributed by atoms with van der Waals surface area (Å²) in [6, 6.07) is 0. The highest BCUT2D eigenvalue weighted by atomic mass is 32.2. The number of carbonyl (C=O) groups is 1. The summed E-state index contributed by atoms with van der Waals surface area (Å²) >= 11 is 0. The Kier molecular flexibility index (Phi) is 6.46. The summed E-state index contributed by atoms with van der Waals surface area (Å²) in [6.07, 6.45) is 2.25. The van der Waals surface area contributed by atoms with E-state index in [2.05, 4.69) is 12.2 Å². The Morgan fingerprint density at radius 3 is 2.42 bits per heavy atom. The fourth-order valence-corrected chi connectivity index (χ4v) is 7.39. The van der Waals surface area contributed by atoms with Gasteiger partial charge in [0.15, 0.2) is 9.84 Å². The third-order valence-corrected chi connectivity index (χ3v) is 7.98. The van der Waals surface area contributed by atoms with Crippen molar-refractivity contribution in [2.75, 3.05) is 38.7 Å². The largest absolute Gasteiger partial charge is 0.348 e. The first kappa shape index (κ1) is 21.3. The van der Waals surface area contributed by atoms with Crippen LogP contribution in [0.4, 0.5) is 0 Å². The highest BCUT2D eigenvalue weighted by molar-refractivity contribution is 7.94. The van der Waals surface area contributed by atoms with Crippen LogP contribution in [0.2, 0.25) is 0 Å². The van der Waals surface area contributed by atoms with Gasteiger partial charge in [-0.3, -0.25) is 9.35 Å². The van der Waals surface area contributed by atoms with Crippen LogP contribution in [0.5, 0.6) is 0 Å². The molecule has 2 N–H and O–H groups in total. The minimum atomic E-state index is -4.58. The van der Waals surface area contributed by atoms with Crippen molar-refractivity contribution in [3.05, 3.63) is 0 Å². The summed E-state index contributed by atoms with van der Waals surface area (Å²) in [5.74, 6) is -1.59. The van der Waals surface area contributed by atoms with Crippen LogP contribution in [-0.2, 0) is 24.7 Å². The van der Waals surface area contributed by atoms with Crippen molar-refractivity contribution >= 4 is 25.9 Å². The van der Waals surface area contributed by atoms with Gasteiger partial charge in [0.05, 0.1) is 50.7 Å². The first-order valence-corrected chi connectivity index (χ1v) is 11.3. The summed E-state index contributed by atoms with van der Waals surface area (Å²) in [6.45, 7) is 4.92. The Hall–Kier alpha value is -0.710. The van der Waals surface area contributed by atoms with Gasteiger partial charge in [-0.1, -0.05) is 13.3 Å². The van der Waals surface area contributed by atoms with Crippen molar-refractivity contribution in [3.8, 4) is 0 Å². The quantitative estimate of drug-likeness (QED) is 0.442. The number of nitrogens with one attached hydrogen (secondary N) is 1. The number of amides is 1. The van der Waals surface area contributed by atoms with E-state index in [0.717, 1.165) is 19.4 Å². The van der Waals surface area contributed by atoms with Gasteiger partial charge in [0, 0.05) is 0 Å². The van der Waals surface area contributed by atoms with Crippen LogP contribution in [-0.4, -0.2) is 81.3 Å². The Morgan fingerprint density at radius 2 is 1.92 bits per heavy atom. The first-order valence-electron chi connectivity index (χ1n) is 8.00. The van der Waals surface area contributed by atoms with Gasteiger partial charge in [-0.15, -0.1) is 0 Å². The van der Waals surface area contributed by atoms with E-state index in [0.29, 0.717) is 11.0 Å². The molecule has 0 aromatic heterocycles. The third-order valence-electron chi connectivity index (χ3n) is 4.48. The van der Waals surface area contributed by atoms with E-state index in [1.165, 1.54) is 6.92 Å². The van der Waals surface area contributed by atoms with Gasteiger partial charge in [0.25, 0.3) is 10.1 Å². The van der Waals surface area contributed by atoms with Crippen LogP contribution in [0.3, 0.4) is 0 Å². The topological polar surface area (TPSA) is 118 Å². The molecular formula is C14H29N2O6S2+. The smallest absolute Gasteiger partial charge is 0.271 e. The van der Waals surface area contributed by atoms with Gasteiger partial charge in [-0.05, 0) is 13.3 Å². The number of carbonyl (C=O) groups excluding carboxylic acids is 1. The molecule has 0 bridgehead atoms. The van der Waals surface area contributed by atoms with Crippen molar-refractivity contribution in [2.45, 2.75) is 43.9 Å². The highest BCUT2D eigenvalue weighted by Crippen LogP contribution is 2.29. The van der Waals surface area contributed by atoms with Crippen molar-refractivity contribution in [2.24, 2.45) is 0 Å². The van der Waals surface area contributed by atoms with Gasteiger partial charge >= 0.3 is 0 Å². The molecule has 1 rings (SSSR count). The summed E-state index contributed by atoms with van der Waals surface area (Å²) in [5, 5.41) is 0.989. The summed E-state index contributed by atoms with van der Waals surface area (Å²) < 4.78 is 56.5. The van der Waals surface area contributed by atoms with E-state index in [9.17, 15) is 26.2 Å². The van der Waals surface area contributed by atoms with E-state index < -0.39 is 48.2 Å². The molecule has 0 aromatic carbocycles. The van der Waals surface area contributed by atoms with Crippen LogP contribution in [0.15, 0.2) is 0 Å². The second-order valence-corrected chi connectivity index (χ2v) is 11.2. The summed E-state index contributed by atoms with van der Waals surface area (Å²) in [5.41, 5.74) is -1.51. The van der Waals surface area contributed by atoms with Gasteiger partial charge < -0.3 is 9.80 Å². The Labute approximate surface area is 144 Å². The highest BCUT2D eigenvalue weighted by Gasteiger charge is 2.54. The number of unbranched alkanes of at least 4 members (excludes halogenated alkanes) is 1. The molecule has 0 unspecified atom stereocenters. The SMILES string of the molecule is CCCC[N+](C)(C)CCC(=O)N[C@@]1(C)CS(=O)(=O)C[C@@H]1S(=O)(=O)O. The van der Waals surface area contributed by atoms with Gasteiger partial charge in [0.1, 0.15) is 5.25 Å². The zero-order chi connectivity index (χ0) is 18.8. The van der Waals surface area contributed by atoms with Crippen LogP contribution < -0.4 is 5.32 Å². The average molecular weight is 386 g/mol. The number of hydrogen-bond donors (Lipinski definition) is 2. The minimum Gasteiger partial charge on any atom is -0.348 e. The first-order chi connectivity index (χ1) is 10.7. The molecule has 1 aliphatic rings. The maximum absolute atomic E-state index is 12.2. The standard InChI is InChI=1S/C14H28N2O6S2/c1-5-6-8-16(3,4)9-7-13(17)15-14(2)11-23(18,19)10-12(14)24(20,21)22/h12H,5-11H2,1-4H3,(H-,15,17,20,21,22)/p+1/t12-,14-/m0/s1. The zero-order valence-corrected chi connectivity index (χ0v) is 16.4. The fraction of sp³-hybridized carbons (Fsp3) is 0.929. The lowest BCUT2D eigenvalue weighted by atomic mass is 10.0. The zero-order valence-electron chi connectivity index (χ0n) is 14.8. The van der Waals surface area contributed by atoms with Gasteiger partial charge in [-0.25, -0.2) is 8.42 Å². The normalized spacial score (nSPS) is 27.1. The molecule has 1 fully saturated rings. The van der Waals surface area contributed by atoms with Gasteiger partial charge in [-0.2, -0.15) is 8.42 Å². The van der Waals surface area contributed by atoms with Crippen LogP contribution >= 0.6 is 0 Å². The molecule has 142 valence electrons. The van der Waals surface area contributed by atoms with Crippen LogP contribution in [0.1, 0.15) is 33.1 Å². The molecular weight excluding hydrogens is 356 g/mol. The average Bonchev–Trinajstić information content (AvgIpc) is 2.64. The Balaban J connectivity index is 2.77.